The second-order valence-corrected chi connectivity index (χ2v) is 5.61. The van der Waals surface area contributed by atoms with Crippen molar-refractivity contribution >= 4 is 57.4 Å². The van der Waals surface area contributed by atoms with Gasteiger partial charge in [-0.05, 0) is 40.8 Å². The topological polar surface area (TPSA) is 12.9 Å². The van der Waals surface area contributed by atoms with Crippen LogP contribution in [0.15, 0.2) is 30.6 Å². The zero-order valence-electron chi connectivity index (χ0n) is 7.85. The third-order valence-electron chi connectivity index (χ3n) is 2.03. The molecular weight excluding hydrogens is 379 g/mol. The lowest BCUT2D eigenvalue weighted by Crippen LogP contribution is -1.84. The van der Waals surface area contributed by atoms with Crippen LogP contribution in [0.1, 0.15) is 0 Å². The lowest BCUT2D eigenvalue weighted by Gasteiger charge is -2.06. The van der Waals surface area contributed by atoms with Gasteiger partial charge in [0.2, 0.25) is 0 Å². The van der Waals surface area contributed by atoms with Gasteiger partial charge in [0.1, 0.15) is 0 Å². The highest BCUT2D eigenvalue weighted by Crippen LogP contribution is 2.35. The summed E-state index contributed by atoms with van der Waals surface area (Å²) >= 11 is 20.1. The van der Waals surface area contributed by atoms with E-state index in [4.69, 9.17) is 34.8 Å². The smallest absolute Gasteiger partial charge is 0.0607 e. The first-order chi connectivity index (χ1) is 7.58. The van der Waals surface area contributed by atoms with Crippen molar-refractivity contribution in [3.05, 3.63) is 49.2 Å². The molecule has 1 heterocycles. The van der Waals surface area contributed by atoms with Crippen molar-refractivity contribution in [3.63, 3.8) is 0 Å². The highest BCUT2D eigenvalue weighted by Gasteiger charge is 2.08. The number of halogens is 4. The van der Waals surface area contributed by atoms with E-state index in [-0.39, 0.29) is 0 Å². The van der Waals surface area contributed by atoms with E-state index in [1.54, 1.807) is 24.5 Å². The molecule has 1 nitrogen and oxygen atoms in total. The maximum Gasteiger partial charge on any atom is 0.0607 e. The number of pyridine rings is 1. The minimum Gasteiger partial charge on any atom is -0.263 e. The van der Waals surface area contributed by atoms with Crippen LogP contribution in [0.4, 0.5) is 0 Å². The fourth-order valence-electron chi connectivity index (χ4n) is 1.30. The molecule has 2 aromatic rings. The number of nitrogens with zero attached hydrogens (tertiary/aromatic N) is 1. The SMILES string of the molecule is Clc1cc(Cl)c(-c2cncc(I)c2)cc1Cl. The fourth-order valence-corrected chi connectivity index (χ4v) is 2.46. The van der Waals surface area contributed by atoms with Gasteiger partial charge in [-0.2, -0.15) is 0 Å². The average molecular weight is 384 g/mol. The van der Waals surface area contributed by atoms with Gasteiger partial charge in [-0.25, -0.2) is 0 Å². The van der Waals surface area contributed by atoms with Gasteiger partial charge in [-0.3, -0.25) is 4.98 Å². The Labute approximate surface area is 122 Å². The van der Waals surface area contributed by atoms with Crippen LogP contribution in [0.25, 0.3) is 11.1 Å². The molecule has 0 amide bonds. The van der Waals surface area contributed by atoms with Crippen molar-refractivity contribution in [2.24, 2.45) is 0 Å². The van der Waals surface area contributed by atoms with Crippen molar-refractivity contribution in [1.82, 2.24) is 4.98 Å². The monoisotopic (exact) mass is 383 g/mol. The predicted octanol–water partition coefficient (Wildman–Crippen LogP) is 5.31. The number of benzene rings is 1. The molecule has 16 heavy (non-hydrogen) atoms. The molecule has 82 valence electrons. The summed E-state index contributed by atoms with van der Waals surface area (Å²) in [5, 5.41) is 1.51. The maximum atomic E-state index is 6.12. The van der Waals surface area contributed by atoms with Crippen LogP contribution >= 0.6 is 57.4 Å². The molecule has 0 atom stereocenters. The summed E-state index contributed by atoms with van der Waals surface area (Å²) in [6.45, 7) is 0. The Morgan fingerprint density at radius 1 is 0.875 bits per heavy atom. The Kier molecular flexibility index (Phi) is 3.95. The van der Waals surface area contributed by atoms with Crippen LogP contribution in [-0.4, -0.2) is 4.98 Å². The minimum absolute atomic E-state index is 0.453. The zero-order chi connectivity index (χ0) is 11.7. The quantitative estimate of drug-likeness (QED) is 0.479. The van der Waals surface area contributed by atoms with Crippen LogP contribution in [0, 0.1) is 3.57 Å². The van der Waals surface area contributed by atoms with Gasteiger partial charge >= 0.3 is 0 Å². The van der Waals surface area contributed by atoms with E-state index in [0.29, 0.717) is 15.1 Å². The van der Waals surface area contributed by atoms with Crippen LogP contribution in [0.2, 0.25) is 15.1 Å². The second kappa shape index (κ2) is 5.08. The Hall–Kier alpha value is -0.0300. The summed E-state index contributed by atoms with van der Waals surface area (Å²) in [7, 11) is 0. The summed E-state index contributed by atoms with van der Waals surface area (Å²) in [5.74, 6) is 0. The summed E-state index contributed by atoms with van der Waals surface area (Å²) in [6, 6.07) is 5.37. The van der Waals surface area contributed by atoms with Crippen molar-refractivity contribution in [3.8, 4) is 11.1 Å². The van der Waals surface area contributed by atoms with Crippen LogP contribution < -0.4 is 0 Å². The molecule has 0 saturated heterocycles. The van der Waals surface area contributed by atoms with Gasteiger partial charge in [0.05, 0.1) is 15.1 Å². The predicted molar refractivity (Wildman–Crippen MR) is 77.4 cm³/mol. The van der Waals surface area contributed by atoms with Crippen molar-refractivity contribution in [1.29, 1.82) is 0 Å². The Bertz CT molecular complexity index is 543. The minimum atomic E-state index is 0.453. The molecule has 0 spiro atoms. The number of rotatable bonds is 1. The maximum absolute atomic E-state index is 6.12. The normalized spacial score (nSPS) is 10.5. The standard InChI is InChI=1S/C11H5Cl3IN/c12-9-3-11(14)10(13)2-8(9)6-1-7(15)5-16-4-6/h1-5H. The summed E-state index contributed by atoms with van der Waals surface area (Å²) in [4.78, 5) is 4.11. The van der Waals surface area contributed by atoms with Gasteiger partial charge in [0.25, 0.3) is 0 Å². The van der Waals surface area contributed by atoms with Crippen molar-refractivity contribution in [2.45, 2.75) is 0 Å². The molecule has 0 aliphatic rings. The highest BCUT2D eigenvalue weighted by atomic mass is 127. The van der Waals surface area contributed by atoms with Crippen LogP contribution in [-0.2, 0) is 0 Å². The van der Waals surface area contributed by atoms with E-state index in [9.17, 15) is 0 Å². The highest BCUT2D eigenvalue weighted by molar-refractivity contribution is 14.1. The number of hydrogen-bond acceptors (Lipinski definition) is 1. The molecule has 0 aliphatic heterocycles. The van der Waals surface area contributed by atoms with E-state index in [2.05, 4.69) is 27.6 Å². The van der Waals surface area contributed by atoms with Gasteiger partial charge in [-0.1, -0.05) is 34.8 Å². The molecule has 0 bridgehead atoms. The molecule has 0 aliphatic carbocycles. The molecule has 5 heteroatoms. The average Bonchev–Trinajstić information content (AvgIpc) is 2.23. The molecule has 0 radical (unpaired) electrons. The van der Waals surface area contributed by atoms with Gasteiger partial charge in [0, 0.05) is 27.1 Å². The summed E-state index contributed by atoms with van der Waals surface area (Å²) in [5.41, 5.74) is 1.76. The molecule has 0 N–H and O–H groups in total. The molecular formula is C11H5Cl3IN. The first kappa shape index (κ1) is 12.4. The van der Waals surface area contributed by atoms with Crippen LogP contribution in [0.3, 0.4) is 0 Å². The fraction of sp³-hybridized carbons (Fsp3) is 0. The van der Waals surface area contributed by atoms with Crippen molar-refractivity contribution in [2.75, 3.05) is 0 Å². The van der Waals surface area contributed by atoms with Crippen molar-refractivity contribution < 1.29 is 0 Å². The second-order valence-electron chi connectivity index (χ2n) is 3.14. The first-order valence-corrected chi connectivity index (χ1v) is 6.54. The Balaban J connectivity index is 2.60. The summed E-state index contributed by atoms with van der Waals surface area (Å²) in [6.07, 6.45) is 3.52. The third kappa shape index (κ3) is 2.62. The molecule has 0 saturated carbocycles. The van der Waals surface area contributed by atoms with E-state index in [0.717, 1.165) is 14.7 Å². The van der Waals surface area contributed by atoms with E-state index < -0.39 is 0 Å². The van der Waals surface area contributed by atoms with E-state index in [1.807, 2.05) is 6.07 Å². The molecule has 0 fully saturated rings. The van der Waals surface area contributed by atoms with E-state index >= 15 is 0 Å². The third-order valence-corrected chi connectivity index (χ3v) is 3.65. The largest absolute Gasteiger partial charge is 0.263 e. The Morgan fingerprint density at radius 2 is 1.56 bits per heavy atom. The zero-order valence-corrected chi connectivity index (χ0v) is 12.3. The molecule has 1 aromatic carbocycles. The lowest BCUT2D eigenvalue weighted by atomic mass is 10.1. The number of hydrogen-bond donors (Lipinski definition) is 0. The first-order valence-electron chi connectivity index (χ1n) is 4.33. The molecule has 0 unspecified atom stereocenters. The van der Waals surface area contributed by atoms with E-state index in [1.165, 1.54) is 0 Å². The summed E-state index contributed by atoms with van der Waals surface area (Å²) < 4.78 is 1.04. The number of aromatic nitrogens is 1. The van der Waals surface area contributed by atoms with Crippen LogP contribution in [0.5, 0.6) is 0 Å². The van der Waals surface area contributed by atoms with Gasteiger partial charge in [-0.15, -0.1) is 0 Å². The molecule has 2 rings (SSSR count). The van der Waals surface area contributed by atoms with Gasteiger partial charge in [0.15, 0.2) is 0 Å². The lowest BCUT2D eigenvalue weighted by molar-refractivity contribution is 1.31. The Morgan fingerprint density at radius 3 is 2.25 bits per heavy atom. The molecule has 1 aromatic heterocycles. The van der Waals surface area contributed by atoms with Gasteiger partial charge < -0.3 is 0 Å².